The van der Waals surface area contributed by atoms with Crippen LogP contribution in [-0.4, -0.2) is 51.6 Å². The van der Waals surface area contributed by atoms with E-state index in [4.69, 9.17) is 24.7 Å². The third-order valence-corrected chi connectivity index (χ3v) is 10.8. The fourth-order valence-corrected chi connectivity index (χ4v) is 8.87. The van der Waals surface area contributed by atoms with Gasteiger partial charge in [0.15, 0.2) is 25.1 Å². The first kappa shape index (κ1) is 32.7. The van der Waals surface area contributed by atoms with Crippen LogP contribution in [0.1, 0.15) is 77.3 Å². The van der Waals surface area contributed by atoms with Crippen molar-refractivity contribution in [1.29, 1.82) is 0 Å². The number of phenolic OH excluding ortho intramolecular Hbond substituents is 2. The average Bonchev–Trinajstić information content (AvgIpc) is 3.66. The van der Waals surface area contributed by atoms with Gasteiger partial charge in [-0.1, -0.05) is 24.1 Å². The lowest BCUT2D eigenvalue weighted by Crippen LogP contribution is -2.31. The van der Waals surface area contributed by atoms with Crippen molar-refractivity contribution in [1.82, 2.24) is 4.98 Å². The van der Waals surface area contributed by atoms with Crippen molar-refractivity contribution in [2.24, 2.45) is 5.92 Å². The molecule has 0 unspecified atom stereocenters. The van der Waals surface area contributed by atoms with Crippen LogP contribution in [-0.2, 0) is 34.2 Å². The van der Waals surface area contributed by atoms with Crippen LogP contribution in [0.4, 0.5) is 5.82 Å². The Hall–Kier alpha value is -5.44. The van der Waals surface area contributed by atoms with Crippen LogP contribution in [0.25, 0.3) is 11.1 Å². The maximum Gasteiger partial charge on any atom is 0.302 e. The van der Waals surface area contributed by atoms with Crippen molar-refractivity contribution in [2.45, 2.75) is 62.9 Å². The molecule has 2 aliphatic heterocycles. The lowest BCUT2D eigenvalue weighted by atomic mass is 9.65. The van der Waals surface area contributed by atoms with Gasteiger partial charge < -0.3 is 45.1 Å². The van der Waals surface area contributed by atoms with E-state index in [1.165, 1.54) is 13.0 Å². The number of carbonyl (C=O) groups excluding carboxylic acids is 1. The van der Waals surface area contributed by atoms with Crippen LogP contribution >= 0.6 is 0 Å². The number of anilines is 1. The number of esters is 1. The van der Waals surface area contributed by atoms with E-state index in [0.29, 0.717) is 40.6 Å². The van der Waals surface area contributed by atoms with E-state index >= 15 is 0 Å². The van der Waals surface area contributed by atoms with Crippen LogP contribution in [0.3, 0.4) is 0 Å². The molecule has 11 nitrogen and oxygen atoms in total. The normalized spacial score (nSPS) is 22.1. The van der Waals surface area contributed by atoms with Crippen molar-refractivity contribution in [3.8, 4) is 51.7 Å². The topological polar surface area (TPSA) is 174 Å². The summed E-state index contributed by atoms with van der Waals surface area (Å²) in [7, 11) is 0. The molecule has 4 aromatic rings. The summed E-state index contributed by atoms with van der Waals surface area (Å²) in [6, 6.07) is 14.4. The number of benzene rings is 3. The molecule has 4 aliphatic rings. The average molecular weight is 691 g/mol. The molecule has 3 aromatic carbocycles. The number of aliphatic hydroxyl groups is 2. The molecule has 11 heteroatoms. The molecule has 2 aliphatic carbocycles. The molecule has 1 spiro atoms. The summed E-state index contributed by atoms with van der Waals surface area (Å²) in [5.41, 5.74) is 13.2. The van der Waals surface area contributed by atoms with Crippen LogP contribution in [0.15, 0.2) is 48.5 Å². The van der Waals surface area contributed by atoms with Gasteiger partial charge in [0.2, 0.25) is 0 Å². The molecule has 0 saturated heterocycles. The molecule has 8 rings (SSSR count). The molecule has 51 heavy (non-hydrogen) atoms. The van der Waals surface area contributed by atoms with Crippen molar-refractivity contribution < 1.29 is 44.2 Å². The van der Waals surface area contributed by atoms with Gasteiger partial charge in [0.05, 0.1) is 5.92 Å². The molecule has 4 atom stereocenters. The van der Waals surface area contributed by atoms with Crippen molar-refractivity contribution >= 4 is 11.8 Å². The van der Waals surface area contributed by atoms with Gasteiger partial charge in [-0.15, -0.1) is 0 Å². The fourth-order valence-electron chi connectivity index (χ4n) is 8.87. The summed E-state index contributed by atoms with van der Waals surface area (Å²) in [6.07, 6.45) is 3.48. The number of pyridine rings is 1. The second kappa shape index (κ2) is 12.7. The Morgan fingerprint density at radius 3 is 2.65 bits per heavy atom. The Labute approximate surface area is 294 Å². The minimum absolute atomic E-state index is 0.0313. The highest BCUT2D eigenvalue weighted by Gasteiger charge is 2.51. The quantitative estimate of drug-likeness (QED) is 0.106. The van der Waals surface area contributed by atoms with Gasteiger partial charge in [0.25, 0.3) is 0 Å². The van der Waals surface area contributed by atoms with Gasteiger partial charge in [-0.25, -0.2) is 4.98 Å². The molecule has 0 radical (unpaired) electrons. The number of nitrogen functional groups attached to an aromatic ring is 1. The van der Waals surface area contributed by atoms with E-state index in [0.717, 1.165) is 59.1 Å². The standard InChI is InChI=1S/C40H38N2O9/c1-21(45)48-18-30-27-6-7-28-36-25(12-26(46)14-34(36)50-20-44)17-40-10-9-22(16-40)11-24-5-8-35(41)42-31(24)4-2-3-23-13-32(47)33(49-19-43)15-29(23)38(30)51-39(27)37(28)40/h5-8,12-15,22,30,38,43-44,46-47H,3,9-11,16-20H2,1H3,(H2,41,42)/t22-,30-,38+,40-/m0/s1. The Balaban J connectivity index is 1.40. The predicted octanol–water partition coefficient (Wildman–Crippen LogP) is 4.92. The van der Waals surface area contributed by atoms with Crippen molar-refractivity contribution in [3.63, 3.8) is 0 Å². The van der Waals surface area contributed by atoms with E-state index in [1.807, 2.05) is 18.2 Å². The Kier molecular flexibility index (Phi) is 8.16. The minimum atomic E-state index is -0.681. The number of ether oxygens (including phenoxy) is 4. The summed E-state index contributed by atoms with van der Waals surface area (Å²) in [4.78, 5) is 16.8. The molecule has 1 aromatic heterocycles. The van der Waals surface area contributed by atoms with Crippen molar-refractivity contribution in [2.75, 3.05) is 25.9 Å². The molecule has 1 saturated carbocycles. The number of fused-ring (bicyclic) bond motifs is 7. The predicted molar refractivity (Wildman–Crippen MR) is 185 cm³/mol. The molecule has 1 fully saturated rings. The number of hydrogen-bond donors (Lipinski definition) is 5. The zero-order chi connectivity index (χ0) is 35.4. The number of nitrogens with zero attached hydrogens (tertiary/aromatic N) is 1. The highest BCUT2D eigenvalue weighted by atomic mass is 16.6. The largest absolute Gasteiger partial charge is 0.508 e. The summed E-state index contributed by atoms with van der Waals surface area (Å²) in [5.74, 6) is 7.32. The summed E-state index contributed by atoms with van der Waals surface area (Å²) in [6.45, 7) is 0.189. The lowest BCUT2D eigenvalue weighted by Gasteiger charge is -2.39. The summed E-state index contributed by atoms with van der Waals surface area (Å²) >= 11 is 0. The maximum absolute atomic E-state index is 12.2. The number of phenols is 2. The number of aliphatic hydroxyl groups excluding tert-OH is 2. The third kappa shape index (κ3) is 5.65. The number of aromatic nitrogens is 1. The first-order valence-electron chi connectivity index (χ1n) is 17.1. The van der Waals surface area contributed by atoms with Gasteiger partial charge >= 0.3 is 5.97 Å². The van der Waals surface area contributed by atoms with Crippen LogP contribution in [0.2, 0.25) is 0 Å². The fraction of sp³-hybridized carbons (Fsp3) is 0.350. The van der Waals surface area contributed by atoms with Crippen molar-refractivity contribution in [3.05, 3.63) is 87.6 Å². The molecule has 262 valence electrons. The minimum Gasteiger partial charge on any atom is -0.508 e. The number of aromatic hydroxyl groups is 2. The second-order valence-corrected chi connectivity index (χ2v) is 13.9. The number of rotatable bonds is 6. The van der Waals surface area contributed by atoms with E-state index in [9.17, 15) is 25.2 Å². The first-order chi connectivity index (χ1) is 24.7. The van der Waals surface area contributed by atoms with E-state index < -0.39 is 31.6 Å². The van der Waals surface area contributed by atoms with E-state index in [2.05, 4.69) is 16.8 Å². The molecule has 6 N–H and O–H groups in total. The van der Waals surface area contributed by atoms with Gasteiger partial charge in [-0.2, -0.15) is 0 Å². The number of carbonyl (C=O) groups is 1. The Bertz CT molecular complexity index is 2140. The van der Waals surface area contributed by atoms with E-state index in [-0.39, 0.29) is 41.6 Å². The molecule has 0 amide bonds. The van der Waals surface area contributed by atoms with Crippen LogP contribution in [0, 0.1) is 17.8 Å². The number of hydrogen-bond acceptors (Lipinski definition) is 11. The molecular formula is C40H38N2O9. The highest BCUT2D eigenvalue weighted by Crippen LogP contribution is 2.62. The lowest BCUT2D eigenvalue weighted by molar-refractivity contribution is -0.141. The van der Waals surface area contributed by atoms with Crippen LogP contribution in [0.5, 0.6) is 28.7 Å². The second-order valence-electron chi connectivity index (χ2n) is 13.9. The van der Waals surface area contributed by atoms with Gasteiger partial charge in [-0.3, -0.25) is 4.79 Å². The van der Waals surface area contributed by atoms with Gasteiger partial charge in [-0.05, 0) is 90.5 Å². The first-order valence-corrected chi connectivity index (χ1v) is 17.1. The number of nitrogens with two attached hydrogens (primary N) is 1. The Morgan fingerprint density at radius 1 is 1.02 bits per heavy atom. The zero-order valence-corrected chi connectivity index (χ0v) is 28.1. The smallest absolute Gasteiger partial charge is 0.302 e. The van der Waals surface area contributed by atoms with Gasteiger partial charge in [0, 0.05) is 47.1 Å². The molecular weight excluding hydrogens is 652 g/mol. The summed E-state index contributed by atoms with van der Waals surface area (Å²) in [5, 5.41) is 41.2. The van der Waals surface area contributed by atoms with Gasteiger partial charge in [0.1, 0.15) is 41.5 Å². The monoisotopic (exact) mass is 690 g/mol. The SMILES string of the molecule is CC(=O)OC[C@H]1c2ccc3c4c2O[C@@H]1c1cc(OCO)c(O)cc1CC#Cc1nc(N)ccc1C[C@@H]1CC[C@@]4(Cc2cc(O)cc(OCO)c2-3)C1. The molecule has 3 heterocycles. The summed E-state index contributed by atoms with van der Waals surface area (Å²) < 4.78 is 23.9. The van der Waals surface area contributed by atoms with E-state index in [1.54, 1.807) is 24.3 Å². The Morgan fingerprint density at radius 2 is 1.84 bits per heavy atom. The molecule has 4 bridgehead atoms. The third-order valence-electron chi connectivity index (χ3n) is 10.8. The highest BCUT2D eigenvalue weighted by molar-refractivity contribution is 5.84. The zero-order valence-electron chi connectivity index (χ0n) is 28.1. The van der Waals surface area contributed by atoms with Crippen LogP contribution < -0.4 is 19.9 Å². The maximum atomic E-state index is 12.2.